The minimum Gasteiger partial charge on any atom is -0.507 e. The highest BCUT2D eigenvalue weighted by Crippen LogP contribution is 2.43. The van der Waals surface area contributed by atoms with Crippen LogP contribution in [-0.2, 0) is 39.9 Å². The van der Waals surface area contributed by atoms with Crippen molar-refractivity contribution in [1.82, 2.24) is 30.3 Å². The van der Waals surface area contributed by atoms with Crippen molar-refractivity contribution in [2.75, 3.05) is 87.0 Å². The lowest BCUT2D eigenvalue weighted by atomic mass is 9.68. The molecule has 0 unspecified atom stereocenters. The van der Waals surface area contributed by atoms with Crippen LogP contribution in [0.4, 0.5) is 32.5 Å². The van der Waals surface area contributed by atoms with Gasteiger partial charge in [-0.2, -0.15) is 0 Å². The molecular formula is C57H74N10O12. The van der Waals surface area contributed by atoms with Gasteiger partial charge in [0, 0.05) is 74.8 Å². The van der Waals surface area contributed by atoms with Crippen molar-refractivity contribution in [2.45, 2.75) is 127 Å². The number of likely N-dealkylation sites (tertiary alicyclic amines) is 1. The van der Waals surface area contributed by atoms with Gasteiger partial charge < -0.3 is 64.1 Å². The zero-order valence-corrected chi connectivity index (χ0v) is 45.8. The van der Waals surface area contributed by atoms with Crippen molar-refractivity contribution in [3.05, 3.63) is 78.5 Å². The zero-order valence-electron chi connectivity index (χ0n) is 45.8. The number of rotatable bonds is 20. The van der Waals surface area contributed by atoms with Gasteiger partial charge in [-0.25, -0.2) is 14.6 Å². The summed E-state index contributed by atoms with van der Waals surface area (Å²) in [6.45, 7) is 9.97. The summed E-state index contributed by atoms with van der Waals surface area (Å²) in [7, 11) is 3.91. The Morgan fingerprint density at radius 3 is 2.29 bits per heavy atom. The third kappa shape index (κ3) is 13.8. The minimum atomic E-state index is -1.51. The van der Waals surface area contributed by atoms with Crippen LogP contribution < -0.4 is 30.5 Å². The van der Waals surface area contributed by atoms with Crippen LogP contribution in [-0.4, -0.2) is 167 Å². The lowest BCUT2D eigenvalue weighted by Gasteiger charge is -2.56. The lowest BCUT2D eigenvalue weighted by molar-refractivity contribution is -0.162. The molecule has 2 saturated carbocycles. The number of carbonyl (C=O) groups is 5. The molecule has 0 radical (unpaired) electrons. The molecule has 1 atom stereocenters. The number of aromatic hydroxyl groups is 1. The molecule has 2 aliphatic carbocycles. The van der Waals surface area contributed by atoms with Gasteiger partial charge >= 0.3 is 18.2 Å². The van der Waals surface area contributed by atoms with E-state index in [0.717, 1.165) is 44.3 Å². The topological polar surface area (TPSA) is 260 Å². The van der Waals surface area contributed by atoms with Crippen molar-refractivity contribution in [3.8, 4) is 22.9 Å². The molecule has 0 bridgehead atoms. The number of hydrogen-bond donors (Lipinski definition) is 5. The van der Waals surface area contributed by atoms with Gasteiger partial charge in [-0.15, -0.1) is 10.2 Å². The first kappa shape index (κ1) is 56.4. The number of pyridine rings is 1. The molecule has 2 aromatic carbocycles. The normalized spacial score (nSPS) is 20.0. The van der Waals surface area contributed by atoms with Crippen molar-refractivity contribution in [1.29, 1.82) is 0 Å². The molecule has 79 heavy (non-hydrogen) atoms. The average molecular weight is 1090 g/mol. The quantitative estimate of drug-likeness (QED) is 0.0449. The summed E-state index contributed by atoms with van der Waals surface area (Å²) in [6.07, 6.45) is 6.70. The van der Waals surface area contributed by atoms with Gasteiger partial charge in [0.25, 0.3) is 0 Å². The number of para-hydroxylation sites is 1. The van der Waals surface area contributed by atoms with Gasteiger partial charge in [0.2, 0.25) is 17.7 Å². The van der Waals surface area contributed by atoms with Crippen molar-refractivity contribution in [3.63, 3.8) is 0 Å². The highest BCUT2D eigenvalue weighted by molar-refractivity contribution is 6.05. The van der Waals surface area contributed by atoms with E-state index >= 15 is 0 Å². The molecule has 4 amide bonds. The van der Waals surface area contributed by atoms with E-state index in [2.05, 4.69) is 40.9 Å². The first-order chi connectivity index (χ1) is 37.8. The van der Waals surface area contributed by atoms with Crippen LogP contribution in [0, 0.1) is 5.41 Å². The van der Waals surface area contributed by atoms with E-state index in [1.165, 1.54) is 0 Å². The molecule has 22 heteroatoms. The number of amides is 4. The van der Waals surface area contributed by atoms with Crippen molar-refractivity contribution < 1.29 is 57.9 Å². The molecule has 1 spiro atoms. The van der Waals surface area contributed by atoms with Gasteiger partial charge in [0.1, 0.15) is 41.1 Å². The van der Waals surface area contributed by atoms with Crippen molar-refractivity contribution >= 4 is 52.9 Å². The number of carbonyl (C=O) groups excluding carboxylic acids is 4. The van der Waals surface area contributed by atoms with Gasteiger partial charge in [-0.1, -0.05) is 30.7 Å². The average Bonchev–Trinajstić information content (AvgIpc) is 3.56. The van der Waals surface area contributed by atoms with Gasteiger partial charge in [0.05, 0.1) is 36.8 Å². The fraction of sp³-hybridized carbons (Fsp3) is 0.544. The van der Waals surface area contributed by atoms with Gasteiger partial charge in [-0.3, -0.25) is 19.7 Å². The van der Waals surface area contributed by atoms with Crippen molar-refractivity contribution in [2.24, 2.45) is 5.41 Å². The Kier molecular flexibility index (Phi) is 17.4. The van der Waals surface area contributed by atoms with E-state index in [1.807, 2.05) is 51.9 Å². The molecule has 5 fully saturated rings. The van der Waals surface area contributed by atoms with Gasteiger partial charge in [-0.05, 0) is 128 Å². The van der Waals surface area contributed by atoms with E-state index in [4.69, 9.17) is 23.7 Å². The number of nitrogens with one attached hydrogen (secondary N) is 3. The van der Waals surface area contributed by atoms with Crippen LogP contribution in [0.15, 0.2) is 72.9 Å². The number of piperidine rings is 1. The zero-order chi connectivity index (χ0) is 55.9. The summed E-state index contributed by atoms with van der Waals surface area (Å²) in [4.78, 5) is 77.7. The predicted molar refractivity (Wildman–Crippen MR) is 293 cm³/mol. The Balaban J connectivity index is 0.805. The number of aromatic nitrogens is 3. The molecule has 5 aliphatic rings. The maximum atomic E-state index is 13.6. The van der Waals surface area contributed by atoms with Crippen LogP contribution in [0.5, 0.6) is 11.6 Å². The molecule has 5 N–H and O–H groups in total. The van der Waals surface area contributed by atoms with Gasteiger partial charge in [0.15, 0.2) is 5.82 Å². The SMILES string of the molecule is CN(C)CCCC[C@H](NC(=O)C1(C(=O)O)CCC1)C(=O)Nc1ccc(COC(=O)Nc2nnc(-c3ccccc3O)cc2N2CCN(c3ccnc(OC4CC(OC5CCN(C(=O)OC(C)(C)C)CC5)C4)c3)C3(COC3)C2)cc1. The summed E-state index contributed by atoms with van der Waals surface area (Å²) in [5, 5.41) is 37.9. The Morgan fingerprint density at radius 1 is 0.886 bits per heavy atom. The summed E-state index contributed by atoms with van der Waals surface area (Å²) >= 11 is 0. The third-order valence-corrected chi connectivity index (χ3v) is 15.4. The number of carboxylic acid groups (broad SMARTS) is 1. The largest absolute Gasteiger partial charge is 0.507 e. The number of aliphatic carboxylic acids is 1. The number of phenols is 1. The molecule has 5 heterocycles. The Bertz CT molecular complexity index is 2810. The third-order valence-electron chi connectivity index (χ3n) is 15.4. The van der Waals surface area contributed by atoms with E-state index in [1.54, 1.807) is 65.7 Å². The van der Waals surface area contributed by atoms with E-state index in [0.29, 0.717) is 99.3 Å². The highest BCUT2D eigenvalue weighted by atomic mass is 16.6. The monoisotopic (exact) mass is 1090 g/mol. The highest BCUT2D eigenvalue weighted by Gasteiger charge is 2.52. The van der Waals surface area contributed by atoms with Crippen LogP contribution in [0.3, 0.4) is 0 Å². The number of nitrogens with zero attached hydrogens (tertiary/aromatic N) is 7. The summed E-state index contributed by atoms with van der Waals surface area (Å²) < 4.78 is 29.9. The molecule has 424 valence electrons. The van der Waals surface area contributed by atoms with Crippen LogP contribution in [0.1, 0.15) is 90.5 Å². The Morgan fingerprint density at radius 2 is 1.63 bits per heavy atom. The standard InChI is InChI=1S/C57H74N10O12/c1-55(2,3)79-54(74)65-25-19-40(20-26-65)77-41-30-42(31-41)78-48-29-39(18-23-58-48)67-28-27-66(34-56(67)35-75-36-56)46-32-45(43-11-6-7-13-47(43)68)62-63-49(46)61-53(73)76-33-37-14-16-38(17-15-37)59-50(69)44(12-8-9-24-64(4)5)60-51(70)57(52(71)72)21-10-22-57/h6-7,11,13-18,23,29,32,40-42,44,68H,8-10,12,19-22,24-28,30-31,33-36H2,1-5H3,(H,59,69)(H,60,70)(H,71,72)(H,61,63,73)/t41?,42?,44-/m0/s1. The van der Waals surface area contributed by atoms with Crippen LogP contribution in [0.25, 0.3) is 11.3 Å². The second kappa shape index (κ2) is 24.4. The molecule has 4 aromatic rings. The number of ether oxygens (including phenoxy) is 5. The number of unbranched alkanes of at least 4 members (excludes halogenated alkanes) is 1. The van der Waals surface area contributed by atoms with Crippen LogP contribution >= 0.6 is 0 Å². The number of carboxylic acids is 1. The molecule has 3 saturated heterocycles. The second-order valence-corrected chi connectivity index (χ2v) is 22.7. The number of anilines is 4. The fourth-order valence-electron chi connectivity index (χ4n) is 10.6. The smallest absolute Gasteiger partial charge is 0.413 e. The number of benzene rings is 2. The summed E-state index contributed by atoms with van der Waals surface area (Å²) in [5.74, 6) is -1.57. The fourth-order valence-corrected chi connectivity index (χ4v) is 10.6. The molecule has 9 rings (SSSR count). The Labute approximate surface area is 460 Å². The molecule has 22 nitrogen and oxygen atoms in total. The Hall–Kier alpha value is -7.30. The maximum absolute atomic E-state index is 13.6. The summed E-state index contributed by atoms with van der Waals surface area (Å²) in [6, 6.07) is 18.4. The second-order valence-electron chi connectivity index (χ2n) is 22.7. The maximum Gasteiger partial charge on any atom is 0.413 e. The van der Waals surface area contributed by atoms with E-state index < -0.39 is 46.5 Å². The number of phenolic OH excluding ortho intramolecular Hbond substituents is 1. The predicted octanol–water partition coefficient (Wildman–Crippen LogP) is 6.82. The first-order valence-corrected chi connectivity index (χ1v) is 27.4. The summed E-state index contributed by atoms with van der Waals surface area (Å²) in [5.41, 5.74) is 0.965. The first-order valence-electron chi connectivity index (χ1n) is 27.4. The number of piperazine rings is 1. The van der Waals surface area contributed by atoms with Crippen LogP contribution in [0.2, 0.25) is 0 Å². The van der Waals surface area contributed by atoms with E-state index in [-0.39, 0.29) is 55.4 Å². The minimum absolute atomic E-state index is 0.0278. The molecule has 3 aliphatic heterocycles. The molecular weight excluding hydrogens is 1020 g/mol. The molecule has 2 aromatic heterocycles. The lowest BCUT2D eigenvalue weighted by Crippen LogP contribution is -2.72. The van der Waals surface area contributed by atoms with E-state index in [9.17, 15) is 34.2 Å². The number of hydrogen-bond acceptors (Lipinski definition) is 17.